The fourth-order valence-electron chi connectivity index (χ4n) is 4.20. The number of aromatic nitrogens is 3. The van der Waals surface area contributed by atoms with E-state index in [1.165, 1.54) is 0 Å². The van der Waals surface area contributed by atoms with Crippen LogP contribution in [0.1, 0.15) is 12.6 Å². The highest BCUT2D eigenvalue weighted by atomic mass is 79.9. The highest BCUT2D eigenvalue weighted by Gasteiger charge is 2.22. The van der Waals surface area contributed by atoms with Crippen molar-refractivity contribution in [3.63, 3.8) is 0 Å². The first-order chi connectivity index (χ1) is 16.5. The molecule has 0 bridgehead atoms. The summed E-state index contributed by atoms with van der Waals surface area (Å²) in [6.45, 7) is 2.09. The zero-order chi connectivity index (χ0) is 24.0. The molecule has 2 aromatic heterocycles. The number of nitrogens with zero attached hydrogens (tertiary/aromatic N) is 3. The molecule has 0 saturated heterocycles. The molecule has 6 nitrogen and oxygen atoms in total. The molecule has 5 rings (SSSR count). The van der Waals surface area contributed by atoms with Gasteiger partial charge in [-0.1, -0.05) is 25.1 Å². The van der Waals surface area contributed by atoms with Crippen LogP contribution in [0.2, 0.25) is 0 Å². The van der Waals surface area contributed by atoms with Gasteiger partial charge >= 0.3 is 0 Å². The van der Waals surface area contributed by atoms with Crippen molar-refractivity contribution in [3.05, 3.63) is 69.2 Å². The molecule has 0 aliphatic rings. The van der Waals surface area contributed by atoms with E-state index in [9.17, 15) is 5.11 Å². The van der Waals surface area contributed by atoms with Crippen molar-refractivity contribution in [2.45, 2.75) is 13.3 Å². The van der Waals surface area contributed by atoms with Crippen molar-refractivity contribution in [1.82, 2.24) is 14.8 Å². The number of fused-ring (bicyclic) bond motifs is 3. The fraction of sp³-hybridized carbons (Fsp3) is 0.154. The van der Waals surface area contributed by atoms with Crippen LogP contribution in [0.5, 0.6) is 17.2 Å². The number of pyridine rings is 1. The van der Waals surface area contributed by atoms with E-state index in [0.717, 1.165) is 50.9 Å². The molecule has 5 aromatic rings. The highest BCUT2D eigenvalue weighted by molar-refractivity contribution is 9.11. The molecule has 34 heavy (non-hydrogen) atoms. The molecule has 0 atom stereocenters. The van der Waals surface area contributed by atoms with E-state index < -0.39 is 0 Å². The molecule has 0 saturated carbocycles. The SMILES string of the molecule is CCc1nn(-c2ccccc2)c2nc(-c3cc(Br)c(O)c(Br)c3)c3cc(OC)c(OC)cc3c12. The van der Waals surface area contributed by atoms with Gasteiger partial charge in [-0.15, -0.1) is 0 Å². The summed E-state index contributed by atoms with van der Waals surface area (Å²) in [6.07, 6.45) is 0.747. The lowest BCUT2D eigenvalue weighted by Gasteiger charge is -2.14. The van der Waals surface area contributed by atoms with Gasteiger partial charge in [-0.3, -0.25) is 0 Å². The first-order valence-electron chi connectivity index (χ1n) is 10.7. The van der Waals surface area contributed by atoms with Crippen LogP contribution < -0.4 is 9.47 Å². The van der Waals surface area contributed by atoms with Crippen molar-refractivity contribution in [2.24, 2.45) is 0 Å². The van der Waals surface area contributed by atoms with E-state index in [1.54, 1.807) is 14.2 Å². The molecule has 0 spiro atoms. The number of aryl methyl sites for hydroxylation is 1. The van der Waals surface area contributed by atoms with Gasteiger partial charge < -0.3 is 14.6 Å². The summed E-state index contributed by atoms with van der Waals surface area (Å²) in [6, 6.07) is 17.6. The largest absolute Gasteiger partial charge is 0.506 e. The van der Waals surface area contributed by atoms with Gasteiger partial charge in [0.15, 0.2) is 17.1 Å². The number of methoxy groups -OCH3 is 2. The molecular weight excluding hydrogens is 562 g/mol. The number of halogens is 2. The highest BCUT2D eigenvalue weighted by Crippen LogP contribution is 2.43. The van der Waals surface area contributed by atoms with E-state index in [0.29, 0.717) is 20.4 Å². The lowest BCUT2D eigenvalue weighted by Crippen LogP contribution is -1.99. The predicted octanol–water partition coefficient (Wildman–Crippen LogP) is 7.05. The molecule has 172 valence electrons. The van der Waals surface area contributed by atoms with Crippen molar-refractivity contribution in [3.8, 4) is 34.2 Å². The summed E-state index contributed by atoms with van der Waals surface area (Å²) < 4.78 is 14.3. The minimum Gasteiger partial charge on any atom is -0.506 e. The van der Waals surface area contributed by atoms with Crippen LogP contribution in [0.4, 0.5) is 0 Å². The van der Waals surface area contributed by atoms with Gasteiger partial charge in [0.1, 0.15) is 5.75 Å². The number of benzene rings is 3. The van der Waals surface area contributed by atoms with Crippen molar-refractivity contribution >= 4 is 53.7 Å². The Bertz CT molecular complexity index is 1530. The van der Waals surface area contributed by atoms with Crippen LogP contribution >= 0.6 is 31.9 Å². The molecule has 0 unspecified atom stereocenters. The molecule has 8 heteroatoms. The summed E-state index contributed by atoms with van der Waals surface area (Å²) in [5.41, 5.74) is 4.19. The first-order valence-corrected chi connectivity index (χ1v) is 12.3. The van der Waals surface area contributed by atoms with Gasteiger partial charge in [0.25, 0.3) is 0 Å². The Morgan fingerprint density at radius 2 is 1.53 bits per heavy atom. The molecule has 1 N–H and O–H groups in total. The molecule has 3 aromatic carbocycles. The Labute approximate surface area is 213 Å². The van der Waals surface area contributed by atoms with Crippen molar-refractivity contribution in [2.75, 3.05) is 14.2 Å². The molecule has 0 radical (unpaired) electrons. The number of ether oxygens (including phenoxy) is 2. The summed E-state index contributed by atoms with van der Waals surface area (Å²) in [7, 11) is 3.25. The second kappa shape index (κ2) is 8.92. The number of phenols is 1. The van der Waals surface area contributed by atoms with E-state index in [2.05, 4.69) is 38.8 Å². The summed E-state index contributed by atoms with van der Waals surface area (Å²) in [5.74, 6) is 1.38. The van der Waals surface area contributed by atoms with Gasteiger partial charge in [-0.25, -0.2) is 9.67 Å². The van der Waals surface area contributed by atoms with Gasteiger partial charge in [0.2, 0.25) is 0 Å². The average molecular weight is 583 g/mol. The Hall–Kier alpha value is -3.10. The summed E-state index contributed by atoms with van der Waals surface area (Å²) in [4.78, 5) is 5.14. The van der Waals surface area contributed by atoms with Crippen LogP contribution in [0.15, 0.2) is 63.5 Å². The Morgan fingerprint density at radius 1 is 0.912 bits per heavy atom. The Balaban J connectivity index is 1.97. The van der Waals surface area contributed by atoms with Gasteiger partial charge in [-0.05, 0) is 74.7 Å². The van der Waals surface area contributed by atoms with Crippen LogP contribution in [0, 0.1) is 0 Å². The minimum atomic E-state index is 0.135. The Morgan fingerprint density at radius 3 is 2.12 bits per heavy atom. The standard InChI is InChI=1S/C26H21Br2N3O3/c1-4-20-23-16-12-21(33-2)22(34-3)13-17(16)24(14-10-18(27)25(32)19(28)11-14)29-26(23)31(30-20)15-8-6-5-7-9-15/h5-13,32H,4H2,1-3H3. The minimum absolute atomic E-state index is 0.135. The maximum Gasteiger partial charge on any atom is 0.164 e. The molecule has 0 fully saturated rings. The normalized spacial score (nSPS) is 11.3. The van der Waals surface area contributed by atoms with E-state index >= 15 is 0 Å². The lowest BCUT2D eigenvalue weighted by molar-refractivity contribution is 0.356. The number of rotatable bonds is 5. The summed E-state index contributed by atoms with van der Waals surface area (Å²) in [5, 5.41) is 18.1. The average Bonchev–Trinajstić information content (AvgIpc) is 3.25. The smallest absolute Gasteiger partial charge is 0.164 e. The number of hydrogen-bond acceptors (Lipinski definition) is 5. The molecular formula is C26H21Br2N3O3. The van der Waals surface area contributed by atoms with E-state index in [1.807, 2.05) is 59.3 Å². The molecule has 2 heterocycles. The van der Waals surface area contributed by atoms with Gasteiger partial charge in [0, 0.05) is 16.3 Å². The second-order valence-corrected chi connectivity index (χ2v) is 9.46. The third kappa shape index (κ3) is 3.61. The maximum absolute atomic E-state index is 10.3. The Kier molecular flexibility index (Phi) is 5.95. The maximum atomic E-state index is 10.3. The number of para-hydroxylation sites is 1. The molecule has 0 aliphatic heterocycles. The quantitative estimate of drug-likeness (QED) is 0.240. The first kappa shape index (κ1) is 22.7. The van der Waals surface area contributed by atoms with Crippen molar-refractivity contribution in [1.29, 1.82) is 0 Å². The zero-order valence-corrected chi connectivity index (χ0v) is 21.9. The molecule has 0 aliphatic carbocycles. The fourth-order valence-corrected chi connectivity index (χ4v) is 5.39. The van der Waals surface area contributed by atoms with Crippen LogP contribution in [0.3, 0.4) is 0 Å². The third-order valence-electron chi connectivity index (χ3n) is 5.83. The predicted molar refractivity (Wildman–Crippen MR) is 141 cm³/mol. The van der Waals surface area contributed by atoms with E-state index in [-0.39, 0.29) is 5.75 Å². The van der Waals surface area contributed by atoms with E-state index in [4.69, 9.17) is 19.6 Å². The van der Waals surface area contributed by atoms with Crippen LogP contribution in [0.25, 0.3) is 38.8 Å². The molecule has 0 amide bonds. The van der Waals surface area contributed by atoms with Gasteiger partial charge in [-0.2, -0.15) is 5.10 Å². The lowest BCUT2D eigenvalue weighted by atomic mass is 9.99. The van der Waals surface area contributed by atoms with Crippen molar-refractivity contribution < 1.29 is 14.6 Å². The third-order valence-corrected chi connectivity index (χ3v) is 7.03. The zero-order valence-electron chi connectivity index (χ0n) is 18.8. The second-order valence-electron chi connectivity index (χ2n) is 7.75. The van der Waals surface area contributed by atoms with Crippen LogP contribution in [-0.4, -0.2) is 34.1 Å². The number of hydrogen-bond donors (Lipinski definition) is 1. The number of aromatic hydroxyl groups is 1. The van der Waals surface area contributed by atoms with Gasteiger partial charge in [0.05, 0.1) is 45.6 Å². The monoisotopic (exact) mass is 581 g/mol. The topological polar surface area (TPSA) is 69.4 Å². The summed E-state index contributed by atoms with van der Waals surface area (Å²) >= 11 is 6.91. The number of phenolic OH excluding ortho intramolecular Hbond substituents is 1. The van der Waals surface area contributed by atoms with Crippen LogP contribution in [-0.2, 0) is 6.42 Å².